The standard InChI is InChI=1S/C11H15NO2/c1-8(2)9-3-4-12-10(5-9)11(13)6-14-7-11/h3-5,8,13H,6-7H2,1-2H3. The van der Waals surface area contributed by atoms with E-state index in [1.807, 2.05) is 12.1 Å². The Kier molecular flexibility index (Phi) is 2.29. The largest absolute Gasteiger partial charge is 0.379 e. The van der Waals surface area contributed by atoms with Gasteiger partial charge in [0, 0.05) is 6.20 Å². The van der Waals surface area contributed by atoms with Crippen molar-refractivity contribution >= 4 is 0 Å². The monoisotopic (exact) mass is 193 g/mol. The number of hydrogen-bond acceptors (Lipinski definition) is 3. The summed E-state index contributed by atoms with van der Waals surface area (Å²) in [5, 5.41) is 10.0. The minimum absolute atomic E-state index is 0.363. The van der Waals surface area contributed by atoms with E-state index in [0.29, 0.717) is 19.1 Å². The average Bonchev–Trinajstić information content (AvgIpc) is 2.14. The molecule has 1 aromatic rings. The van der Waals surface area contributed by atoms with Crippen molar-refractivity contribution in [2.75, 3.05) is 13.2 Å². The Hall–Kier alpha value is -0.930. The van der Waals surface area contributed by atoms with Crippen molar-refractivity contribution in [3.8, 4) is 0 Å². The van der Waals surface area contributed by atoms with Gasteiger partial charge in [-0.1, -0.05) is 13.8 Å². The summed E-state index contributed by atoms with van der Waals surface area (Å²) in [7, 11) is 0. The van der Waals surface area contributed by atoms with Gasteiger partial charge in [-0.05, 0) is 23.6 Å². The van der Waals surface area contributed by atoms with E-state index in [1.165, 1.54) is 5.56 Å². The van der Waals surface area contributed by atoms with Crippen LogP contribution < -0.4 is 0 Å². The summed E-state index contributed by atoms with van der Waals surface area (Å²) >= 11 is 0. The zero-order chi connectivity index (χ0) is 10.2. The molecule has 0 bridgehead atoms. The second kappa shape index (κ2) is 3.33. The van der Waals surface area contributed by atoms with Crippen molar-refractivity contribution < 1.29 is 9.84 Å². The lowest BCUT2D eigenvalue weighted by Crippen LogP contribution is -2.47. The van der Waals surface area contributed by atoms with Gasteiger partial charge in [0.05, 0.1) is 18.9 Å². The molecule has 0 unspecified atom stereocenters. The van der Waals surface area contributed by atoms with Gasteiger partial charge in [-0.15, -0.1) is 0 Å². The number of hydrogen-bond donors (Lipinski definition) is 1. The average molecular weight is 193 g/mol. The van der Waals surface area contributed by atoms with E-state index >= 15 is 0 Å². The van der Waals surface area contributed by atoms with Gasteiger partial charge in [0.15, 0.2) is 5.60 Å². The highest BCUT2D eigenvalue weighted by atomic mass is 16.5. The number of aromatic nitrogens is 1. The van der Waals surface area contributed by atoms with Crippen molar-refractivity contribution in [3.05, 3.63) is 29.6 Å². The Bertz CT molecular complexity index is 332. The van der Waals surface area contributed by atoms with Crippen molar-refractivity contribution in [1.29, 1.82) is 0 Å². The second-order valence-corrected chi connectivity index (χ2v) is 4.15. The molecule has 0 radical (unpaired) electrons. The predicted octanol–water partition coefficient (Wildman–Crippen LogP) is 1.42. The first-order chi connectivity index (χ1) is 6.62. The predicted molar refractivity (Wildman–Crippen MR) is 53.0 cm³/mol. The number of ether oxygens (including phenoxy) is 1. The van der Waals surface area contributed by atoms with E-state index < -0.39 is 5.60 Å². The van der Waals surface area contributed by atoms with Crippen LogP contribution in [-0.4, -0.2) is 23.3 Å². The third-order valence-corrected chi connectivity index (χ3v) is 2.61. The van der Waals surface area contributed by atoms with Crippen molar-refractivity contribution in [3.63, 3.8) is 0 Å². The van der Waals surface area contributed by atoms with Gasteiger partial charge in [0.2, 0.25) is 0 Å². The molecule has 1 N–H and O–H groups in total. The van der Waals surface area contributed by atoms with Gasteiger partial charge in [0.25, 0.3) is 0 Å². The van der Waals surface area contributed by atoms with Crippen LogP contribution in [0.4, 0.5) is 0 Å². The first-order valence-corrected chi connectivity index (χ1v) is 4.88. The fraction of sp³-hybridized carbons (Fsp3) is 0.545. The van der Waals surface area contributed by atoms with E-state index in [1.54, 1.807) is 6.20 Å². The molecule has 1 fully saturated rings. The SMILES string of the molecule is CC(C)c1ccnc(C2(O)COC2)c1. The quantitative estimate of drug-likeness (QED) is 0.772. The summed E-state index contributed by atoms with van der Waals surface area (Å²) in [4.78, 5) is 4.19. The highest BCUT2D eigenvalue weighted by molar-refractivity contribution is 5.24. The fourth-order valence-corrected chi connectivity index (χ4v) is 1.50. The van der Waals surface area contributed by atoms with E-state index in [2.05, 4.69) is 18.8 Å². The molecule has 0 spiro atoms. The highest BCUT2D eigenvalue weighted by Crippen LogP contribution is 2.29. The van der Waals surface area contributed by atoms with Crippen LogP contribution in [0.1, 0.15) is 31.0 Å². The Morgan fingerprint density at radius 3 is 2.71 bits per heavy atom. The van der Waals surface area contributed by atoms with Crippen molar-refractivity contribution in [2.24, 2.45) is 0 Å². The molecule has 1 aromatic heterocycles. The molecule has 14 heavy (non-hydrogen) atoms. The van der Waals surface area contributed by atoms with Crippen LogP contribution >= 0.6 is 0 Å². The van der Waals surface area contributed by atoms with Crippen LogP contribution in [0.25, 0.3) is 0 Å². The lowest BCUT2D eigenvalue weighted by atomic mass is 9.94. The molecule has 1 saturated heterocycles. The maximum absolute atomic E-state index is 10.0. The van der Waals surface area contributed by atoms with Crippen LogP contribution in [0.15, 0.2) is 18.3 Å². The Morgan fingerprint density at radius 1 is 1.50 bits per heavy atom. The van der Waals surface area contributed by atoms with Crippen LogP contribution in [-0.2, 0) is 10.3 Å². The third kappa shape index (κ3) is 1.53. The molecule has 1 aliphatic heterocycles. The summed E-state index contributed by atoms with van der Waals surface area (Å²) in [5.41, 5.74) is 1.09. The summed E-state index contributed by atoms with van der Waals surface area (Å²) in [6.45, 7) is 4.98. The van der Waals surface area contributed by atoms with Gasteiger partial charge in [-0.2, -0.15) is 0 Å². The van der Waals surface area contributed by atoms with Gasteiger partial charge >= 0.3 is 0 Å². The maximum atomic E-state index is 10.0. The van der Waals surface area contributed by atoms with E-state index in [4.69, 9.17) is 4.74 Å². The minimum atomic E-state index is -0.842. The molecule has 3 heteroatoms. The van der Waals surface area contributed by atoms with E-state index in [-0.39, 0.29) is 0 Å². The Morgan fingerprint density at radius 2 is 2.21 bits per heavy atom. The number of nitrogens with zero attached hydrogens (tertiary/aromatic N) is 1. The van der Waals surface area contributed by atoms with Crippen molar-refractivity contribution in [2.45, 2.75) is 25.4 Å². The highest BCUT2D eigenvalue weighted by Gasteiger charge is 2.39. The molecular weight excluding hydrogens is 178 g/mol. The Labute approximate surface area is 83.7 Å². The van der Waals surface area contributed by atoms with Gasteiger partial charge in [-0.25, -0.2) is 0 Å². The third-order valence-electron chi connectivity index (χ3n) is 2.61. The van der Waals surface area contributed by atoms with Crippen LogP contribution in [0.2, 0.25) is 0 Å². The minimum Gasteiger partial charge on any atom is -0.379 e. The first-order valence-electron chi connectivity index (χ1n) is 4.88. The molecule has 0 amide bonds. The first kappa shape index (κ1) is 9.62. The number of rotatable bonds is 2. The molecule has 0 aliphatic carbocycles. The topological polar surface area (TPSA) is 42.4 Å². The summed E-state index contributed by atoms with van der Waals surface area (Å²) in [6.07, 6.45) is 1.75. The van der Waals surface area contributed by atoms with E-state index in [0.717, 1.165) is 5.69 Å². The summed E-state index contributed by atoms with van der Waals surface area (Å²) in [6, 6.07) is 3.95. The zero-order valence-corrected chi connectivity index (χ0v) is 8.53. The molecule has 76 valence electrons. The molecule has 1 aliphatic rings. The van der Waals surface area contributed by atoms with Crippen molar-refractivity contribution in [1.82, 2.24) is 4.98 Å². The molecule has 0 atom stereocenters. The molecule has 2 rings (SSSR count). The normalized spacial score (nSPS) is 19.4. The molecule has 2 heterocycles. The zero-order valence-electron chi connectivity index (χ0n) is 8.53. The lowest BCUT2D eigenvalue weighted by Gasteiger charge is -2.35. The summed E-state index contributed by atoms with van der Waals surface area (Å²) < 4.78 is 5.00. The van der Waals surface area contributed by atoms with Gasteiger partial charge < -0.3 is 9.84 Å². The van der Waals surface area contributed by atoms with Crippen LogP contribution in [0.5, 0.6) is 0 Å². The van der Waals surface area contributed by atoms with Gasteiger partial charge in [0.1, 0.15) is 0 Å². The molecular formula is C11H15NO2. The molecule has 0 saturated carbocycles. The fourth-order valence-electron chi connectivity index (χ4n) is 1.50. The number of pyridine rings is 1. The molecule has 3 nitrogen and oxygen atoms in total. The number of aliphatic hydroxyl groups is 1. The Balaban J connectivity index is 2.30. The second-order valence-electron chi connectivity index (χ2n) is 4.15. The van der Waals surface area contributed by atoms with Crippen LogP contribution in [0.3, 0.4) is 0 Å². The lowest BCUT2D eigenvalue weighted by molar-refractivity contribution is -0.186. The summed E-state index contributed by atoms with van der Waals surface area (Å²) in [5.74, 6) is 0.460. The smallest absolute Gasteiger partial charge is 0.153 e. The maximum Gasteiger partial charge on any atom is 0.153 e. The van der Waals surface area contributed by atoms with E-state index in [9.17, 15) is 5.11 Å². The van der Waals surface area contributed by atoms with Crippen LogP contribution in [0, 0.1) is 0 Å². The van der Waals surface area contributed by atoms with Gasteiger partial charge in [-0.3, -0.25) is 4.98 Å². The molecule has 0 aromatic carbocycles.